The van der Waals surface area contributed by atoms with E-state index < -0.39 is 0 Å². The molecule has 5 heteroatoms. The van der Waals surface area contributed by atoms with Crippen molar-refractivity contribution in [1.82, 2.24) is 9.97 Å². The number of pyridine rings is 2. The molecule has 0 saturated carbocycles. The summed E-state index contributed by atoms with van der Waals surface area (Å²) in [6.07, 6.45) is 3.38. The Kier molecular flexibility index (Phi) is 4.30. The summed E-state index contributed by atoms with van der Waals surface area (Å²) < 4.78 is 0. The van der Waals surface area contributed by atoms with Crippen LogP contribution in [0.25, 0.3) is 0 Å². The second-order valence-corrected chi connectivity index (χ2v) is 4.56. The van der Waals surface area contributed by atoms with Crippen molar-refractivity contribution >= 4 is 17.4 Å². The van der Waals surface area contributed by atoms with Crippen molar-refractivity contribution in [3.05, 3.63) is 47.4 Å². The average Bonchev–Trinajstić information content (AvgIpc) is 2.41. The van der Waals surface area contributed by atoms with Crippen molar-refractivity contribution in [1.29, 1.82) is 0 Å². The summed E-state index contributed by atoms with van der Waals surface area (Å²) in [6, 6.07) is 5.31. The lowest BCUT2D eigenvalue weighted by Crippen LogP contribution is -2.14. The van der Waals surface area contributed by atoms with Gasteiger partial charge in [0.2, 0.25) is 0 Å². The SMILES string of the molecule is CCNc1cc(C(=O)Nc2ccncc2C)cc(C)n1. The first kappa shape index (κ1) is 14.0. The maximum absolute atomic E-state index is 12.3. The smallest absolute Gasteiger partial charge is 0.255 e. The number of hydrogen-bond acceptors (Lipinski definition) is 4. The Balaban J connectivity index is 2.23. The minimum absolute atomic E-state index is 0.149. The molecule has 104 valence electrons. The van der Waals surface area contributed by atoms with Crippen LogP contribution in [0.1, 0.15) is 28.5 Å². The van der Waals surface area contributed by atoms with Crippen molar-refractivity contribution in [2.75, 3.05) is 17.2 Å². The monoisotopic (exact) mass is 270 g/mol. The molecule has 2 heterocycles. The lowest BCUT2D eigenvalue weighted by Gasteiger charge is -2.10. The van der Waals surface area contributed by atoms with Crippen LogP contribution in [0.4, 0.5) is 11.5 Å². The van der Waals surface area contributed by atoms with Gasteiger partial charge in [0.15, 0.2) is 0 Å². The third-order valence-electron chi connectivity index (χ3n) is 2.84. The predicted molar refractivity (Wildman–Crippen MR) is 80.1 cm³/mol. The number of aryl methyl sites for hydroxylation is 2. The lowest BCUT2D eigenvalue weighted by atomic mass is 10.2. The van der Waals surface area contributed by atoms with E-state index in [0.717, 1.165) is 23.5 Å². The minimum atomic E-state index is -0.149. The second kappa shape index (κ2) is 6.14. The van der Waals surface area contributed by atoms with Crippen molar-refractivity contribution < 1.29 is 4.79 Å². The van der Waals surface area contributed by atoms with E-state index in [4.69, 9.17) is 0 Å². The molecular formula is C15H18N4O. The van der Waals surface area contributed by atoms with E-state index in [9.17, 15) is 4.79 Å². The lowest BCUT2D eigenvalue weighted by molar-refractivity contribution is 0.102. The number of rotatable bonds is 4. The highest BCUT2D eigenvalue weighted by molar-refractivity contribution is 6.05. The highest BCUT2D eigenvalue weighted by atomic mass is 16.1. The van der Waals surface area contributed by atoms with Crippen LogP contribution in [0.2, 0.25) is 0 Å². The van der Waals surface area contributed by atoms with Gasteiger partial charge in [-0.15, -0.1) is 0 Å². The Labute approximate surface area is 118 Å². The number of aromatic nitrogens is 2. The molecule has 0 aliphatic heterocycles. The number of hydrogen-bond donors (Lipinski definition) is 2. The zero-order chi connectivity index (χ0) is 14.5. The van der Waals surface area contributed by atoms with Crippen LogP contribution >= 0.6 is 0 Å². The highest BCUT2D eigenvalue weighted by Crippen LogP contribution is 2.15. The Morgan fingerprint density at radius 2 is 2.10 bits per heavy atom. The Bertz CT molecular complexity index is 625. The van der Waals surface area contributed by atoms with Crippen LogP contribution in [0.3, 0.4) is 0 Å². The van der Waals surface area contributed by atoms with Gasteiger partial charge in [0.25, 0.3) is 5.91 Å². The van der Waals surface area contributed by atoms with Crippen LogP contribution in [0.15, 0.2) is 30.6 Å². The average molecular weight is 270 g/mol. The zero-order valence-electron chi connectivity index (χ0n) is 11.9. The first-order chi connectivity index (χ1) is 9.60. The van der Waals surface area contributed by atoms with Gasteiger partial charge in [-0.05, 0) is 44.5 Å². The summed E-state index contributed by atoms with van der Waals surface area (Å²) in [4.78, 5) is 20.6. The molecule has 0 bridgehead atoms. The van der Waals surface area contributed by atoms with Crippen LogP contribution in [0, 0.1) is 13.8 Å². The van der Waals surface area contributed by atoms with E-state index in [1.165, 1.54) is 0 Å². The highest BCUT2D eigenvalue weighted by Gasteiger charge is 2.10. The van der Waals surface area contributed by atoms with E-state index in [2.05, 4.69) is 20.6 Å². The molecule has 2 rings (SSSR count). The maximum atomic E-state index is 12.3. The molecular weight excluding hydrogens is 252 g/mol. The second-order valence-electron chi connectivity index (χ2n) is 4.56. The van der Waals surface area contributed by atoms with Crippen molar-refractivity contribution in [2.45, 2.75) is 20.8 Å². The molecule has 5 nitrogen and oxygen atoms in total. The molecule has 2 aromatic heterocycles. The Morgan fingerprint density at radius 3 is 2.80 bits per heavy atom. The van der Waals surface area contributed by atoms with Crippen LogP contribution < -0.4 is 10.6 Å². The van der Waals surface area contributed by atoms with E-state index in [0.29, 0.717) is 11.4 Å². The molecule has 0 fully saturated rings. The first-order valence-electron chi connectivity index (χ1n) is 6.54. The predicted octanol–water partition coefficient (Wildman–Crippen LogP) is 2.78. The number of anilines is 2. The van der Waals surface area contributed by atoms with Gasteiger partial charge in [-0.2, -0.15) is 0 Å². The van der Waals surface area contributed by atoms with Gasteiger partial charge < -0.3 is 10.6 Å². The van der Waals surface area contributed by atoms with Gasteiger partial charge in [-0.1, -0.05) is 0 Å². The molecule has 0 aliphatic rings. The number of nitrogens with zero attached hydrogens (tertiary/aromatic N) is 2. The first-order valence-corrected chi connectivity index (χ1v) is 6.54. The standard InChI is InChI=1S/C15H18N4O/c1-4-17-14-8-12(7-11(3)18-14)15(20)19-13-5-6-16-9-10(13)2/h5-9H,4H2,1-3H3,(H,17,18)(H,16,19,20). The van der Waals surface area contributed by atoms with Gasteiger partial charge in [-0.25, -0.2) is 4.98 Å². The van der Waals surface area contributed by atoms with Crippen molar-refractivity contribution in [2.24, 2.45) is 0 Å². The fourth-order valence-corrected chi connectivity index (χ4v) is 1.88. The molecule has 0 saturated heterocycles. The van der Waals surface area contributed by atoms with E-state index in [1.54, 1.807) is 30.6 Å². The fourth-order valence-electron chi connectivity index (χ4n) is 1.88. The fraction of sp³-hybridized carbons (Fsp3) is 0.267. The Hall–Kier alpha value is -2.43. The summed E-state index contributed by atoms with van der Waals surface area (Å²) in [5, 5.41) is 6.01. The summed E-state index contributed by atoms with van der Waals surface area (Å²) >= 11 is 0. The topological polar surface area (TPSA) is 66.9 Å². The normalized spacial score (nSPS) is 10.2. The van der Waals surface area contributed by atoms with Crippen LogP contribution in [0.5, 0.6) is 0 Å². The molecule has 2 aromatic rings. The van der Waals surface area contributed by atoms with E-state index in [1.807, 2.05) is 20.8 Å². The number of amides is 1. The Morgan fingerprint density at radius 1 is 1.30 bits per heavy atom. The number of nitrogens with one attached hydrogen (secondary N) is 2. The van der Waals surface area contributed by atoms with Gasteiger partial charge >= 0.3 is 0 Å². The molecule has 0 aromatic carbocycles. The third-order valence-corrected chi connectivity index (χ3v) is 2.84. The summed E-state index contributed by atoms with van der Waals surface area (Å²) in [5.41, 5.74) is 3.09. The van der Waals surface area contributed by atoms with Crippen molar-refractivity contribution in [3.8, 4) is 0 Å². The molecule has 1 amide bonds. The molecule has 0 aliphatic carbocycles. The van der Waals surface area contributed by atoms with Gasteiger partial charge in [0.1, 0.15) is 5.82 Å². The maximum Gasteiger partial charge on any atom is 0.255 e. The molecule has 0 unspecified atom stereocenters. The van der Waals surface area contributed by atoms with E-state index in [-0.39, 0.29) is 5.91 Å². The quantitative estimate of drug-likeness (QED) is 0.896. The largest absolute Gasteiger partial charge is 0.370 e. The molecule has 2 N–H and O–H groups in total. The van der Waals surface area contributed by atoms with Crippen LogP contribution in [-0.2, 0) is 0 Å². The number of carbonyl (C=O) groups is 1. The van der Waals surface area contributed by atoms with Gasteiger partial charge in [0.05, 0.1) is 0 Å². The third kappa shape index (κ3) is 3.32. The zero-order valence-corrected chi connectivity index (χ0v) is 11.9. The molecule has 0 spiro atoms. The van der Waals surface area contributed by atoms with Gasteiger partial charge in [0, 0.05) is 35.9 Å². The summed E-state index contributed by atoms with van der Waals surface area (Å²) in [6.45, 7) is 6.53. The molecule has 0 atom stereocenters. The van der Waals surface area contributed by atoms with E-state index >= 15 is 0 Å². The van der Waals surface area contributed by atoms with Crippen LogP contribution in [-0.4, -0.2) is 22.4 Å². The summed E-state index contributed by atoms with van der Waals surface area (Å²) in [5.74, 6) is 0.563. The minimum Gasteiger partial charge on any atom is -0.370 e. The number of carbonyl (C=O) groups excluding carboxylic acids is 1. The summed E-state index contributed by atoms with van der Waals surface area (Å²) in [7, 11) is 0. The van der Waals surface area contributed by atoms with Gasteiger partial charge in [-0.3, -0.25) is 9.78 Å². The molecule has 0 radical (unpaired) electrons. The van der Waals surface area contributed by atoms with Crippen molar-refractivity contribution in [3.63, 3.8) is 0 Å². The molecule has 20 heavy (non-hydrogen) atoms.